The van der Waals surface area contributed by atoms with Gasteiger partial charge < -0.3 is 15.5 Å². The summed E-state index contributed by atoms with van der Waals surface area (Å²) in [4.78, 5) is 25.7. The van der Waals surface area contributed by atoms with Crippen LogP contribution < -0.4 is 10.6 Å². The van der Waals surface area contributed by atoms with Gasteiger partial charge in [-0.1, -0.05) is 30.3 Å². The number of halogens is 1. The summed E-state index contributed by atoms with van der Waals surface area (Å²) in [5.41, 5.74) is 1.31. The normalized spacial score (nSPS) is 11.5. The topological polar surface area (TPSA) is 61.4 Å². The maximum atomic E-state index is 12.9. The van der Waals surface area contributed by atoms with Gasteiger partial charge in [0.25, 0.3) is 0 Å². The number of benzene rings is 2. The van der Waals surface area contributed by atoms with Gasteiger partial charge in [-0.05, 0) is 29.8 Å². The number of anilines is 1. The second kappa shape index (κ2) is 8.10. The van der Waals surface area contributed by atoms with Crippen LogP contribution in [0.1, 0.15) is 18.0 Å². The van der Waals surface area contributed by atoms with Crippen molar-refractivity contribution in [3.63, 3.8) is 0 Å². The molecular weight excluding hydrogens is 309 g/mol. The Kier molecular flexibility index (Phi) is 5.89. The van der Waals surface area contributed by atoms with E-state index in [2.05, 4.69) is 10.6 Å². The number of urea groups is 1. The van der Waals surface area contributed by atoms with Crippen molar-refractivity contribution >= 4 is 17.6 Å². The summed E-state index contributed by atoms with van der Waals surface area (Å²) < 4.78 is 12.9. The van der Waals surface area contributed by atoms with Gasteiger partial charge in [-0.25, -0.2) is 9.18 Å². The number of carbonyl (C=O) groups excluding carboxylic acids is 2. The Morgan fingerprint density at radius 3 is 2.25 bits per heavy atom. The minimum Gasteiger partial charge on any atom is -0.349 e. The first-order valence-corrected chi connectivity index (χ1v) is 7.54. The van der Waals surface area contributed by atoms with E-state index in [0.29, 0.717) is 5.69 Å². The maximum Gasteiger partial charge on any atom is 0.319 e. The molecule has 0 aliphatic rings. The fourth-order valence-electron chi connectivity index (χ4n) is 2.15. The standard InChI is InChI=1S/C18H20FN3O2/c1-22(2)17(23)12-16(13-6-4-3-5-7-13)21-18(24)20-15-10-8-14(19)9-11-15/h3-11,16H,12H2,1-2H3,(H2,20,21,24)/t16-/m0/s1. The summed E-state index contributed by atoms with van der Waals surface area (Å²) in [6.07, 6.45) is 0.147. The van der Waals surface area contributed by atoms with Gasteiger partial charge >= 0.3 is 6.03 Å². The van der Waals surface area contributed by atoms with E-state index in [4.69, 9.17) is 0 Å². The van der Waals surface area contributed by atoms with E-state index in [-0.39, 0.29) is 18.1 Å². The minimum atomic E-state index is -0.457. The highest BCUT2D eigenvalue weighted by molar-refractivity contribution is 5.90. The number of nitrogens with zero attached hydrogens (tertiary/aromatic N) is 1. The van der Waals surface area contributed by atoms with Crippen LogP contribution >= 0.6 is 0 Å². The first kappa shape index (κ1) is 17.5. The van der Waals surface area contributed by atoms with Crippen LogP contribution in [0.4, 0.5) is 14.9 Å². The number of hydrogen-bond acceptors (Lipinski definition) is 2. The molecule has 2 N–H and O–H groups in total. The van der Waals surface area contributed by atoms with Crippen molar-refractivity contribution in [3.05, 3.63) is 66.0 Å². The lowest BCUT2D eigenvalue weighted by Gasteiger charge is -2.21. The molecule has 2 aromatic carbocycles. The Bertz CT molecular complexity index is 687. The average Bonchev–Trinajstić information content (AvgIpc) is 2.57. The Balaban J connectivity index is 2.08. The van der Waals surface area contributed by atoms with Gasteiger partial charge in [-0.15, -0.1) is 0 Å². The summed E-state index contributed by atoms with van der Waals surface area (Å²) >= 11 is 0. The van der Waals surface area contributed by atoms with Crippen LogP contribution in [0.25, 0.3) is 0 Å². The Morgan fingerprint density at radius 2 is 1.67 bits per heavy atom. The molecule has 5 nitrogen and oxygen atoms in total. The van der Waals surface area contributed by atoms with Gasteiger partial charge in [-0.3, -0.25) is 4.79 Å². The van der Waals surface area contributed by atoms with E-state index in [9.17, 15) is 14.0 Å². The van der Waals surface area contributed by atoms with E-state index >= 15 is 0 Å². The van der Waals surface area contributed by atoms with Crippen molar-refractivity contribution in [2.45, 2.75) is 12.5 Å². The number of rotatable bonds is 5. The zero-order chi connectivity index (χ0) is 17.5. The minimum absolute atomic E-state index is 0.0917. The lowest BCUT2D eigenvalue weighted by Crippen LogP contribution is -2.36. The molecule has 0 unspecified atom stereocenters. The molecule has 6 heteroatoms. The van der Waals surface area contributed by atoms with E-state index in [1.165, 1.54) is 29.2 Å². The van der Waals surface area contributed by atoms with Crippen molar-refractivity contribution in [3.8, 4) is 0 Å². The van der Waals surface area contributed by atoms with Crippen LogP contribution in [-0.4, -0.2) is 30.9 Å². The Hall–Kier alpha value is -2.89. The quantitative estimate of drug-likeness (QED) is 0.885. The number of nitrogens with one attached hydrogen (secondary N) is 2. The van der Waals surface area contributed by atoms with Gasteiger partial charge in [0.2, 0.25) is 5.91 Å². The molecule has 2 aromatic rings. The molecule has 0 spiro atoms. The molecule has 24 heavy (non-hydrogen) atoms. The molecule has 0 saturated heterocycles. The molecule has 0 bridgehead atoms. The Morgan fingerprint density at radius 1 is 1.04 bits per heavy atom. The van der Waals surface area contributed by atoms with E-state index in [0.717, 1.165) is 5.56 Å². The average molecular weight is 329 g/mol. The molecule has 3 amide bonds. The van der Waals surface area contributed by atoms with Crippen molar-refractivity contribution in [2.24, 2.45) is 0 Å². The molecule has 126 valence electrons. The fraction of sp³-hybridized carbons (Fsp3) is 0.222. The highest BCUT2D eigenvalue weighted by Gasteiger charge is 2.19. The summed E-state index contributed by atoms with van der Waals surface area (Å²) in [5.74, 6) is -0.467. The molecule has 0 heterocycles. The largest absolute Gasteiger partial charge is 0.349 e. The molecular formula is C18H20FN3O2. The van der Waals surface area contributed by atoms with Crippen molar-refractivity contribution in [1.82, 2.24) is 10.2 Å². The second-order valence-electron chi connectivity index (χ2n) is 5.56. The van der Waals surface area contributed by atoms with Crippen LogP contribution in [0.2, 0.25) is 0 Å². The van der Waals surface area contributed by atoms with E-state index in [1.54, 1.807) is 14.1 Å². The van der Waals surface area contributed by atoms with Gasteiger partial charge in [0.15, 0.2) is 0 Å². The zero-order valence-corrected chi connectivity index (χ0v) is 13.6. The lowest BCUT2D eigenvalue weighted by atomic mass is 10.0. The molecule has 0 aliphatic heterocycles. The maximum absolute atomic E-state index is 12.9. The SMILES string of the molecule is CN(C)C(=O)C[C@H](NC(=O)Nc1ccc(F)cc1)c1ccccc1. The van der Waals surface area contributed by atoms with Crippen LogP contribution in [-0.2, 0) is 4.79 Å². The van der Waals surface area contributed by atoms with Gasteiger partial charge in [0, 0.05) is 19.8 Å². The fourth-order valence-corrected chi connectivity index (χ4v) is 2.15. The monoisotopic (exact) mass is 329 g/mol. The molecule has 2 rings (SSSR count). The third-order valence-corrected chi connectivity index (χ3v) is 3.49. The van der Waals surface area contributed by atoms with Gasteiger partial charge in [0.05, 0.1) is 12.5 Å². The summed E-state index contributed by atoms with van der Waals surface area (Å²) in [7, 11) is 3.34. The second-order valence-corrected chi connectivity index (χ2v) is 5.56. The van der Waals surface area contributed by atoms with E-state index in [1.807, 2.05) is 30.3 Å². The zero-order valence-electron chi connectivity index (χ0n) is 13.6. The molecule has 0 fully saturated rings. The van der Waals surface area contributed by atoms with Crippen molar-refractivity contribution in [2.75, 3.05) is 19.4 Å². The number of hydrogen-bond donors (Lipinski definition) is 2. The van der Waals surface area contributed by atoms with Crippen molar-refractivity contribution in [1.29, 1.82) is 0 Å². The number of amides is 3. The third kappa shape index (κ3) is 5.08. The smallest absolute Gasteiger partial charge is 0.319 e. The summed E-state index contributed by atoms with van der Waals surface area (Å²) in [6, 6.07) is 13.8. The van der Waals surface area contributed by atoms with Crippen LogP contribution in [0.15, 0.2) is 54.6 Å². The molecule has 0 radical (unpaired) electrons. The van der Waals surface area contributed by atoms with E-state index < -0.39 is 12.1 Å². The summed E-state index contributed by atoms with van der Waals surface area (Å²) in [5, 5.41) is 5.42. The Labute approximate surface area is 140 Å². The van der Waals surface area contributed by atoms with Gasteiger partial charge in [0.1, 0.15) is 5.82 Å². The lowest BCUT2D eigenvalue weighted by molar-refractivity contribution is -0.129. The molecule has 0 saturated carbocycles. The van der Waals surface area contributed by atoms with Crippen LogP contribution in [0.3, 0.4) is 0 Å². The highest BCUT2D eigenvalue weighted by Crippen LogP contribution is 2.18. The highest BCUT2D eigenvalue weighted by atomic mass is 19.1. The predicted octanol–water partition coefficient (Wildman–Crippen LogP) is 3.17. The molecule has 0 aromatic heterocycles. The number of carbonyl (C=O) groups is 2. The first-order valence-electron chi connectivity index (χ1n) is 7.54. The third-order valence-electron chi connectivity index (χ3n) is 3.49. The molecule has 0 aliphatic carbocycles. The molecule has 1 atom stereocenters. The summed E-state index contributed by atoms with van der Waals surface area (Å²) in [6.45, 7) is 0. The van der Waals surface area contributed by atoms with Crippen LogP contribution in [0, 0.1) is 5.82 Å². The predicted molar refractivity (Wildman–Crippen MR) is 91.0 cm³/mol. The first-order chi connectivity index (χ1) is 11.5. The van der Waals surface area contributed by atoms with Crippen molar-refractivity contribution < 1.29 is 14.0 Å². The van der Waals surface area contributed by atoms with Crippen LogP contribution in [0.5, 0.6) is 0 Å². The van der Waals surface area contributed by atoms with Gasteiger partial charge in [-0.2, -0.15) is 0 Å².